The van der Waals surface area contributed by atoms with Gasteiger partial charge >= 0.3 is 0 Å². The Balaban J connectivity index is 1.79. The number of thiophene rings is 1. The van der Waals surface area contributed by atoms with Gasteiger partial charge in [0.25, 0.3) is 0 Å². The highest BCUT2D eigenvalue weighted by molar-refractivity contribution is 7.13. The molecular formula is C15H16N4OS. The first-order valence-electron chi connectivity index (χ1n) is 6.73. The van der Waals surface area contributed by atoms with Crippen LogP contribution in [0.25, 0.3) is 10.6 Å². The van der Waals surface area contributed by atoms with E-state index in [4.69, 9.17) is 0 Å². The van der Waals surface area contributed by atoms with Gasteiger partial charge < -0.3 is 10.4 Å². The van der Waals surface area contributed by atoms with Crippen molar-refractivity contribution in [3.63, 3.8) is 0 Å². The first-order chi connectivity index (χ1) is 10.4. The average Bonchev–Trinajstić information content (AvgIpc) is 3.16. The summed E-state index contributed by atoms with van der Waals surface area (Å²) in [6.07, 6.45) is 1.78. The number of nitrogens with zero attached hydrogens (tertiary/aromatic N) is 3. The van der Waals surface area contributed by atoms with E-state index >= 15 is 0 Å². The molecular weight excluding hydrogens is 284 g/mol. The van der Waals surface area contributed by atoms with E-state index in [2.05, 4.69) is 15.4 Å². The van der Waals surface area contributed by atoms with Crippen molar-refractivity contribution in [3.8, 4) is 10.6 Å². The Hall–Kier alpha value is -2.18. The van der Waals surface area contributed by atoms with Crippen molar-refractivity contribution in [2.75, 3.05) is 11.9 Å². The summed E-state index contributed by atoms with van der Waals surface area (Å²) >= 11 is 1.65. The predicted octanol–water partition coefficient (Wildman–Crippen LogP) is 2.61. The van der Waals surface area contributed by atoms with E-state index < -0.39 is 0 Å². The summed E-state index contributed by atoms with van der Waals surface area (Å²) < 4.78 is 1.79. The molecule has 0 aromatic carbocycles. The number of aliphatic hydroxyl groups excluding tert-OH is 1. The zero-order valence-corrected chi connectivity index (χ0v) is 12.3. The minimum absolute atomic E-state index is 0.0594. The van der Waals surface area contributed by atoms with Gasteiger partial charge in [-0.15, -0.1) is 11.3 Å². The lowest BCUT2D eigenvalue weighted by molar-refractivity contribution is 0.270. The summed E-state index contributed by atoms with van der Waals surface area (Å²) in [6, 6.07) is 11.9. The van der Waals surface area contributed by atoms with Crippen LogP contribution in [0.15, 0.2) is 48.0 Å². The van der Waals surface area contributed by atoms with Crippen molar-refractivity contribution >= 4 is 17.2 Å². The van der Waals surface area contributed by atoms with Crippen LogP contribution in [0.4, 0.5) is 5.82 Å². The lowest BCUT2D eigenvalue weighted by Crippen LogP contribution is -2.10. The molecule has 0 unspecified atom stereocenters. The number of anilines is 1. The highest BCUT2D eigenvalue weighted by atomic mass is 32.1. The van der Waals surface area contributed by atoms with E-state index in [-0.39, 0.29) is 6.61 Å². The third kappa shape index (κ3) is 3.29. The third-order valence-electron chi connectivity index (χ3n) is 3.04. The molecule has 3 aromatic heterocycles. The van der Waals surface area contributed by atoms with Gasteiger partial charge in [0.1, 0.15) is 11.5 Å². The van der Waals surface area contributed by atoms with Crippen LogP contribution in [0.5, 0.6) is 0 Å². The van der Waals surface area contributed by atoms with Crippen LogP contribution in [0.2, 0.25) is 0 Å². The van der Waals surface area contributed by atoms with E-state index in [1.807, 2.05) is 41.8 Å². The Kier molecular flexibility index (Phi) is 4.28. The molecule has 21 heavy (non-hydrogen) atoms. The van der Waals surface area contributed by atoms with Gasteiger partial charge in [-0.3, -0.25) is 4.98 Å². The molecule has 0 aliphatic heterocycles. The highest BCUT2D eigenvalue weighted by Crippen LogP contribution is 2.26. The maximum Gasteiger partial charge on any atom is 0.125 e. The maximum absolute atomic E-state index is 9.17. The molecule has 0 bridgehead atoms. The van der Waals surface area contributed by atoms with Gasteiger partial charge in [-0.1, -0.05) is 12.1 Å². The molecule has 0 aliphatic carbocycles. The van der Waals surface area contributed by atoms with Gasteiger partial charge in [-0.05, 0) is 23.6 Å². The van der Waals surface area contributed by atoms with E-state index in [1.165, 1.54) is 0 Å². The van der Waals surface area contributed by atoms with E-state index in [0.29, 0.717) is 13.1 Å². The molecule has 5 nitrogen and oxygen atoms in total. The number of nitrogens with one attached hydrogen (secondary N) is 1. The second-order valence-electron chi connectivity index (χ2n) is 4.51. The normalized spacial score (nSPS) is 10.7. The molecule has 108 valence electrons. The molecule has 6 heteroatoms. The molecule has 3 rings (SSSR count). The topological polar surface area (TPSA) is 63.0 Å². The Morgan fingerprint density at radius 2 is 2.19 bits per heavy atom. The summed E-state index contributed by atoms with van der Waals surface area (Å²) in [4.78, 5) is 5.40. The van der Waals surface area contributed by atoms with Crippen molar-refractivity contribution in [2.24, 2.45) is 0 Å². The number of aliphatic hydroxyl groups is 1. The predicted molar refractivity (Wildman–Crippen MR) is 84.2 cm³/mol. The van der Waals surface area contributed by atoms with Crippen LogP contribution in [-0.2, 0) is 13.1 Å². The molecule has 0 saturated heterocycles. The second-order valence-corrected chi connectivity index (χ2v) is 5.46. The number of aromatic nitrogens is 3. The summed E-state index contributed by atoms with van der Waals surface area (Å²) in [6.45, 7) is 1.15. The Bertz CT molecular complexity index is 679. The average molecular weight is 300 g/mol. The Labute approximate surface area is 126 Å². The third-order valence-corrected chi connectivity index (χ3v) is 3.93. The minimum Gasteiger partial charge on any atom is -0.394 e. The van der Waals surface area contributed by atoms with Gasteiger partial charge in [-0.25, -0.2) is 4.68 Å². The largest absolute Gasteiger partial charge is 0.394 e. The molecule has 3 heterocycles. The summed E-state index contributed by atoms with van der Waals surface area (Å²) in [7, 11) is 0. The van der Waals surface area contributed by atoms with Gasteiger partial charge in [0, 0.05) is 12.3 Å². The van der Waals surface area contributed by atoms with Gasteiger partial charge in [0.2, 0.25) is 0 Å². The second kappa shape index (κ2) is 6.51. The zero-order valence-electron chi connectivity index (χ0n) is 11.4. The fourth-order valence-corrected chi connectivity index (χ4v) is 2.73. The van der Waals surface area contributed by atoms with Crippen molar-refractivity contribution in [1.29, 1.82) is 0 Å². The lowest BCUT2D eigenvalue weighted by Gasteiger charge is -2.07. The molecule has 0 fully saturated rings. The molecule has 0 amide bonds. The summed E-state index contributed by atoms with van der Waals surface area (Å²) in [5.74, 6) is 0.887. The number of pyridine rings is 1. The molecule has 0 saturated carbocycles. The molecule has 2 N–H and O–H groups in total. The Morgan fingerprint density at radius 1 is 1.24 bits per heavy atom. The van der Waals surface area contributed by atoms with Crippen molar-refractivity contribution in [3.05, 3.63) is 53.7 Å². The quantitative estimate of drug-likeness (QED) is 0.734. The SMILES string of the molecule is OCCn1nc(-c2cccs2)cc1NCc1ccccn1. The molecule has 0 spiro atoms. The molecule has 0 radical (unpaired) electrons. The van der Waals surface area contributed by atoms with Gasteiger partial charge in [-0.2, -0.15) is 5.10 Å². The van der Waals surface area contributed by atoms with E-state index in [1.54, 1.807) is 22.2 Å². The lowest BCUT2D eigenvalue weighted by atomic mass is 10.3. The van der Waals surface area contributed by atoms with Gasteiger partial charge in [0.15, 0.2) is 0 Å². The standard InChI is InChI=1S/C15H16N4OS/c20-8-7-19-15(17-11-12-4-1-2-6-16-12)10-13(18-19)14-5-3-9-21-14/h1-6,9-10,17,20H,7-8,11H2. The van der Waals surface area contributed by atoms with E-state index in [0.717, 1.165) is 22.1 Å². The highest BCUT2D eigenvalue weighted by Gasteiger charge is 2.10. The number of hydrogen-bond acceptors (Lipinski definition) is 5. The van der Waals surface area contributed by atoms with Crippen LogP contribution < -0.4 is 5.32 Å². The van der Waals surface area contributed by atoms with Crippen molar-refractivity contribution < 1.29 is 5.11 Å². The number of hydrogen-bond donors (Lipinski definition) is 2. The van der Waals surface area contributed by atoms with Gasteiger partial charge in [0.05, 0.1) is 30.3 Å². The smallest absolute Gasteiger partial charge is 0.125 e. The molecule has 0 atom stereocenters. The maximum atomic E-state index is 9.17. The van der Waals surface area contributed by atoms with Crippen LogP contribution in [0.3, 0.4) is 0 Å². The van der Waals surface area contributed by atoms with E-state index in [9.17, 15) is 5.11 Å². The monoisotopic (exact) mass is 300 g/mol. The fraction of sp³-hybridized carbons (Fsp3) is 0.200. The number of rotatable bonds is 6. The molecule has 3 aromatic rings. The first-order valence-corrected chi connectivity index (χ1v) is 7.61. The van der Waals surface area contributed by atoms with Crippen molar-refractivity contribution in [2.45, 2.75) is 13.1 Å². The first kappa shape index (κ1) is 13.8. The van der Waals surface area contributed by atoms with Crippen molar-refractivity contribution in [1.82, 2.24) is 14.8 Å². The van der Waals surface area contributed by atoms with Crippen LogP contribution >= 0.6 is 11.3 Å². The minimum atomic E-state index is 0.0594. The Morgan fingerprint density at radius 3 is 2.90 bits per heavy atom. The van der Waals surface area contributed by atoms with Crippen LogP contribution in [-0.4, -0.2) is 26.5 Å². The fourth-order valence-electron chi connectivity index (χ4n) is 2.05. The zero-order chi connectivity index (χ0) is 14.5. The molecule has 0 aliphatic rings. The summed E-state index contributed by atoms with van der Waals surface area (Å²) in [5.41, 5.74) is 1.88. The summed E-state index contributed by atoms with van der Waals surface area (Å²) in [5, 5.41) is 19.1. The van der Waals surface area contributed by atoms with Crippen LogP contribution in [0, 0.1) is 0 Å². The van der Waals surface area contributed by atoms with Crippen LogP contribution in [0.1, 0.15) is 5.69 Å².